The number of carbonyl (C=O) groups excluding carboxylic acids is 1. The predicted octanol–water partition coefficient (Wildman–Crippen LogP) is 0.172. The Morgan fingerprint density at radius 1 is 1.53 bits per heavy atom. The number of hydrogen-bond donors (Lipinski definition) is 3. The quantitative estimate of drug-likeness (QED) is 0.384. The Morgan fingerprint density at radius 2 is 2.27 bits per heavy atom. The van der Waals surface area contributed by atoms with Crippen LogP contribution in [0.2, 0.25) is 0 Å². The lowest BCUT2D eigenvalue weighted by molar-refractivity contribution is -0.121. The Kier molecular flexibility index (Phi) is 2.53. The van der Waals surface area contributed by atoms with E-state index in [2.05, 4.69) is 5.43 Å². The molecular weight excluding hydrogens is 212 g/mol. The zero-order chi connectivity index (χ0) is 10.8. The van der Waals surface area contributed by atoms with E-state index in [-0.39, 0.29) is 12.5 Å². The highest BCUT2D eigenvalue weighted by Crippen LogP contribution is 2.15. The number of hydrazine groups is 1. The molecule has 0 saturated carbocycles. The van der Waals surface area contributed by atoms with Crippen molar-refractivity contribution in [2.45, 2.75) is 6.54 Å². The van der Waals surface area contributed by atoms with Crippen LogP contribution in [-0.4, -0.2) is 10.5 Å². The number of hydrogen-bond acceptors (Lipinski definition) is 4. The van der Waals surface area contributed by atoms with E-state index >= 15 is 0 Å². The highest BCUT2D eigenvalue weighted by Gasteiger charge is 2.07. The number of nitrogens with two attached hydrogens (primary N) is 1. The standard InChI is InChI=1S/C9H10N4OS/c10-9-13(5-8(14)12-11)6-3-1-2-4-7(6)15-9/h1-4,10H,5,11H2,(H,12,14). The van der Waals surface area contributed by atoms with E-state index in [1.807, 2.05) is 24.3 Å². The molecule has 78 valence electrons. The van der Waals surface area contributed by atoms with Crippen molar-refractivity contribution in [2.24, 2.45) is 5.84 Å². The summed E-state index contributed by atoms with van der Waals surface area (Å²) in [6, 6.07) is 7.60. The van der Waals surface area contributed by atoms with Crippen molar-refractivity contribution < 1.29 is 4.79 Å². The van der Waals surface area contributed by atoms with Gasteiger partial charge in [-0.05, 0) is 12.1 Å². The molecule has 1 aromatic carbocycles. The minimum absolute atomic E-state index is 0.0827. The Morgan fingerprint density at radius 3 is 3.00 bits per heavy atom. The monoisotopic (exact) mass is 222 g/mol. The van der Waals surface area contributed by atoms with Crippen molar-refractivity contribution in [1.82, 2.24) is 9.99 Å². The number of para-hydroxylation sites is 1. The molecule has 5 nitrogen and oxygen atoms in total. The Balaban J connectivity index is 2.54. The lowest BCUT2D eigenvalue weighted by atomic mass is 10.3. The molecule has 0 bridgehead atoms. The van der Waals surface area contributed by atoms with E-state index < -0.39 is 0 Å². The van der Waals surface area contributed by atoms with Gasteiger partial charge in [-0.2, -0.15) is 0 Å². The summed E-state index contributed by atoms with van der Waals surface area (Å²) in [5.74, 6) is 4.70. The molecule has 0 fully saturated rings. The van der Waals surface area contributed by atoms with Gasteiger partial charge in [0.05, 0.1) is 10.2 Å². The molecule has 1 aromatic heterocycles. The van der Waals surface area contributed by atoms with Crippen LogP contribution in [0.4, 0.5) is 0 Å². The van der Waals surface area contributed by atoms with Crippen LogP contribution < -0.4 is 16.1 Å². The van der Waals surface area contributed by atoms with Crippen molar-refractivity contribution in [3.8, 4) is 0 Å². The fourth-order valence-electron chi connectivity index (χ4n) is 1.38. The van der Waals surface area contributed by atoms with E-state index in [0.717, 1.165) is 10.2 Å². The first-order valence-electron chi connectivity index (χ1n) is 4.35. The van der Waals surface area contributed by atoms with E-state index in [4.69, 9.17) is 11.3 Å². The minimum Gasteiger partial charge on any atom is -0.307 e. The van der Waals surface area contributed by atoms with Gasteiger partial charge in [-0.15, -0.1) is 0 Å². The van der Waals surface area contributed by atoms with Crippen LogP contribution in [0, 0.1) is 5.41 Å². The molecule has 0 radical (unpaired) electrons. The average Bonchev–Trinajstić information content (AvgIpc) is 2.55. The van der Waals surface area contributed by atoms with E-state index in [0.29, 0.717) is 4.80 Å². The van der Waals surface area contributed by atoms with Gasteiger partial charge in [0, 0.05) is 0 Å². The number of benzene rings is 1. The molecule has 15 heavy (non-hydrogen) atoms. The summed E-state index contributed by atoms with van der Waals surface area (Å²) in [7, 11) is 0. The number of carbonyl (C=O) groups is 1. The summed E-state index contributed by atoms with van der Waals surface area (Å²) in [6.45, 7) is 0.0827. The Hall–Kier alpha value is -1.66. The van der Waals surface area contributed by atoms with Crippen LogP contribution in [0.25, 0.3) is 10.2 Å². The number of fused-ring (bicyclic) bond motifs is 1. The third-order valence-corrected chi connectivity index (χ3v) is 3.05. The van der Waals surface area contributed by atoms with Crippen molar-refractivity contribution in [3.63, 3.8) is 0 Å². The van der Waals surface area contributed by atoms with Gasteiger partial charge in [0.25, 0.3) is 5.91 Å². The summed E-state index contributed by atoms with van der Waals surface area (Å²) in [5.41, 5.74) is 2.94. The molecule has 1 heterocycles. The van der Waals surface area contributed by atoms with Crippen molar-refractivity contribution in [2.75, 3.05) is 0 Å². The van der Waals surface area contributed by atoms with Gasteiger partial charge in [0.2, 0.25) is 0 Å². The van der Waals surface area contributed by atoms with Crippen LogP contribution in [0.15, 0.2) is 24.3 Å². The van der Waals surface area contributed by atoms with Crippen molar-refractivity contribution in [1.29, 1.82) is 5.41 Å². The van der Waals surface area contributed by atoms with Gasteiger partial charge in [0.15, 0.2) is 4.80 Å². The van der Waals surface area contributed by atoms with Gasteiger partial charge in [-0.1, -0.05) is 23.5 Å². The lowest BCUT2D eigenvalue weighted by Crippen LogP contribution is -2.35. The van der Waals surface area contributed by atoms with Crippen molar-refractivity contribution in [3.05, 3.63) is 29.1 Å². The molecule has 0 unspecified atom stereocenters. The molecule has 0 atom stereocenters. The third-order valence-electron chi connectivity index (χ3n) is 2.07. The minimum atomic E-state index is -0.308. The molecule has 0 aliphatic rings. The first kappa shape index (κ1) is 9.88. The van der Waals surface area contributed by atoms with Gasteiger partial charge in [-0.25, -0.2) is 5.84 Å². The molecule has 6 heteroatoms. The van der Waals surface area contributed by atoms with E-state index in [1.165, 1.54) is 11.3 Å². The van der Waals surface area contributed by atoms with Crippen LogP contribution in [0.3, 0.4) is 0 Å². The maximum atomic E-state index is 11.1. The first-order chi connectivity index (χ1) is 7.22. The highest BCUT2D eigenvalue weighted by atomic mass is 32.1. The maximum absolute atomic E-state index is 11.1. The first-order valence-corrected chi connectivity index (χ1v) is 5.16. The maximum Gasteiger partial charge on any atom is 0.253 e. The highest BCUT2D eigenvalue weighted by molar-refractivity contribution is 7.16. The van der Waals surface area contributed by atoms with E-state index in [9.17, 15) is 4.79 Å². The molecule has 2 aromatic rings. The molecule has 0 aliphatic carbocycles. The fraction of sp³-hybridized carbons (Fsp3) is 0.111. The number of nitrogens with one attached hydrogen (secondary N) is 2. The van der Waals surface area contributed by atoms with Crippen LogP contribution in [0.1, 0.15) is 0 Å². The van der Waals surface area contributed by atoms with Gasteiger partial charge in [0.1, 0.15) is 6.54 Å². The van der Waals surface area contributed by atoms with Crippen molar-refractivity contribution >= 4 is 27.5 Å². The van der Waals surface area contributed by atoms with Gasteiger partial charge >= 0.3 is 0 Å². The Bertz CT molecular complexity index is 556. The SMILES string of the molecule is N=c1sc2ccccc2n1CC(=O)NN. The molecule has 4 N–H and O–H groups in total. The number of nitrogens with zero attached hydrogens (tertiary/aromatic N) is 1. The summed E-state index contributed by atoms with van der Waals surface area (Å²) < 4.78 is 2.62. The largest absolute Gasteiger partial charge is 0.307 e. The molecule has 0 saturated heterocycles. The summed E-state index contributed by atoms with van der Waals surface area (Å²) >= 11 is 1.34. The summed E-state index contributed by atoms with van der Waals surface area (Å²) in [5, 5.41) is 7.73. The zero-order valence-corrected chi connectivity index (χ0v) is 8.67. The molecule has 0 aliphatic heterocycles. The topological polar surface area (TPSA) is 83.9 Å². The van der Waals surface area contributed by atoms with Crippen LogP contribution in [-0.2, 0) is 11.3 Å². The normalized spacial score (nSPS) is 10.5. The van der Waals surface area contributed by atoms with Gasteiger partial charge in [-0.3, -0.25) is 15.6 Å². The fourth-order valence-corrected chi connectivity index (χ4v) is 2.29. The summed E-state index contributed by atoms with van der Waals surface area (Å²) in [6.07, 6.45) is 0. The number of amides is 1. The predicted molar refractivity (Wildman–Crippen MR) is 58.0 cm³/mol. The average molecular weight is 222 g/mol. The number of rotatable bonds is 2. The molecule has 2 rings (SSSR count). The Labute approximate surface area is 89.6 Å². The zero-order valence-electron chi connectivity index (χ0n) is 7.86. The second kappa shape index (κ2) is 3.84. The number of aromatic nitrogens is 1. The van der Waals surface area contributed by atoms with Gasteiger partial charge < -0.3 is 4.57 Å². The van der Waals surface area contributed by atoms with Crippen LogP contribution >= 0.6 is 11.3 Å². The van der Waals surface area contributed by atoms with E-state index in [1.54, 1.807) is 4.57 Å². The second-order valence-corrected chi connectivity index (χ2v) is 4.06. The van der Waals surface area contributed by atoms with Crippen LogP contribution in [0.5, 0.6) is 0 Å². The molecule has 1 amide bonds. The smallest absolute Gasteiger partial charge is 0.253 e. The number of thiazole rings is 1. The third kappa shape index (κ3) is 1.77. The second-order valence-electron chi connectivity index (χ2n) is 3.03. The molecule has 0 spiro atoms. The lowest BCUT2D eigenvalue weighted by Gasteiger charge is -2.02. The molecular formula is C9H10N4OS. The summed E-state index contributed by atoms with van der Waals surface area (Å²) in [4.78, 5) is 11.5.